The second-order valence-electron chi connectivity index (χ2n) is 4.35. The number of hydrogen-bond acceptors (Lipinski definition) is 3. The second-order valence-corrected chi connectivity index (χ2v) is 4.35. The van der Waals surface area contributed by atoms with Crippen molar-refractivity contribution in [2.24, 2.45) is 0 Å². The predicted molar refractivity (Wildman–Crippen MR) is 72.0 cm³/mol. The van der Waals surface area contributed by atoms with Crippen molar-refractivity contribution in [1.29, 1.82) is 5.26 Å². The van der Waals surface area contributed by atoms with E-state index in [1.54, 1.807) is 13.0 Å². The third-order valence-corrected chi connectivity index (χ3v) is 2.84. The molecule has 96 valence electrons. The number of pyridine rings is 1. The molecule has 1 aromatic carbocycles. The Kier molecular flexibility index (Phi) is 3.67. The van der Waals surface area contributed by atoms with E-state index in [1.165, 1.54) is 0 Å². The largest absolute Gasteiger partial charge is 0.489 e. The molecule has 0 atom stereocenters. The van der Waals surface area contributed by atoms with Crippen LogP contribution in [0.1, 0.15) is 22.4 Å². The Hall–Kier alpha value is -2.54. The van der Waals surface area contributed by atoms with Gasteiger partial charge >= 0.3 is 0 Å². The van der Waals surface area contributed by atoms with Crippen molar-refractivity contribution in [2.75, 3.05) is 0 Å². The van der Waals surface area contributed by atoms with Crippen molar-refractivity contribution >= 4 is 0 Å². The molecule has 0 aliphatic rings. The summed E-state index contributed by atoms with van der Waals surface area (Å²) >= 11 is 0. The van der Waals surface area contributed by atoms with Crippen LogP contribution in [-0.2, 0) is 6.61 Å². The van der Waals surface area contributed by atoms with E-state index >= 15 is 0 Å². The molecule has 0 saturated carbocycles. The van der Waals surface area contributed by atoms with Gasteiger partial charge in [-0.2, -0.15) is 5.26 Å². The Morgan fingerprint density at radius 1 is 1.32 bits per heavy atom. The summed E-state index contributed by atoms with van der Waals surface area (Å²) in [4.78, 5) is 14.2. The summed E-state index contributed by atoms with van der Waals surface area (Å²) in [6, 6.07) is 11.3. The zero-order valence-corrected chi connectivity index (χ0v) is 10.9. The number of nitrogens with one attached hydrogen (secondary N) is 1. The number of benzene rings is 1. The molecule has 0 unspecified atom stereocenters. The highest BCUT2D eigenvalue weighted by Gasteiger charge is 2.09. The van der Waals surface area contributed by atoms with Crippen LogP contribution in [0.2, 0.25) is 0 Å². The topological polar surface area (TPSA) is 65.9 Å². The number of aromatic nitrogens is 1. The van der Waals surface area contributed by atoms with Gasteiger partial charge in [-0.05, 0) is 31.5 Å². The van der Waals surface area contributed by atoms with Crippen LogP contribution in [0, 0.1) is 25.2 Å². The molecule has 0 fully saturated rings. The minimum atomic E-state index is -0.370. The lowest BCUT2D eigenvalue weighted by atomic mass is 10.1. The normalized spacial score (nSPS) is 9.95. The highest BCUT2D eigenvalue weighted by molar-refractivity contribution is 5.37. The molecular weight excluding hydrogens is 240 g/mol. The van der Waals surface area contributed by atoms with Gasteiger partial charge < -0.3 is 9.72 Å². The average molecular weight is 254 g/mol. The second kappa shape index (κ2) is 5.40. The quantitative estimate of drug-likeness (QED) is 0.914. The standard InChI is InChI=1S/C15H14N2O2/c1-10-5-3-4-6-14(10)19-9-12-7-11(2)17-15(18)13(12)8-16/h3-7H,9H2,1-2H3,(H,17,18). The van der Waals surface area contributed by atoms with Gasteiger partial charge in [0, 0.05) is 11.3 Å². The van der Waals surface area contributed by atoms with Crippen molar-refractivity contribution in [2.45, 2.75) is 20.5 Å². The molecule has 1 aromatic heterocycles. The maximum atomic E-state index is 11.6. The van der Waals surface area contributed by atoms with Gasteiger partial charge in [-0.1, -0.05) is 18.2 Å². The van der Waals surface area contributed by atoms with Gasteiger partial charge in [-0.15, -0.1) is 0 Å². The summed E-state index contributed by atoms with van der Waals surface area (Å²) in [6.45, 7) is 3.93. The van der Waals surface area contributed by atoms with Crippen LogP contribution >= 0.6 is 0 Å². The lowest BCUT2D eigenvalue weighted by Crippen LogP contribution is -2.15. The summed E-state index contributed by atoms with van der Waals surface area (Å²) < 4.78 is 5.67. The number of nitriles is 1. The van der Waals surface area contributed by atoms with E-state index in [0.29, 0.717) is 11.3 Å². The van der Waals surface area contributed by atoms with Gasteiger partial charge in [0.1, 0.15) is 24.0 Å². The lowest BCUT2D eigenvalue weighted by Gasteiger charge is -2.10. The molecule has 1 heterocycles. The first-order valence-electron chi connectivity index (χ1n) is 5.93. The van der Waals surface area contributed by atoms with Crippen LogP contribution < -0.4 is 10.3 Å². The Morgan fingerprint density at radius 3 is 2.74 bits per heavy atom. The van der Waals surface area contributed by atoms with Crippen LogP contribution in [-0.4, -0.2) is 4.98 Å². The number of ether oxygens (including phenoxy) is 1. The van der Waals surface area contributed by atoms with Crippen molar-refractivity contribution in [3.63, 3.8) is 0 Å². The molecule has 0 spiro atoms. The smallest absolute Gasteiger partial charge is 0.266 e. The predicted octanol–water partition coefficient (Wildman–Crippen LogP) is 2.44. The molecule has 4 nitrogen and oxygen atoms in total. The number of para-hydroxylation sites is 1. The van der Waals surface area contributed by atoms with Gasteiger partial charge in [-0.3, -0.25) is 4.79 Å². The number of nitrogens with zero attached hydrogens (tertiary/aromatic N) is 1. The van der Waals surface area contributed by atoms with Gasteiger partial charge in [0.2, 0.25) is 0 Å². The molecule has 19 heavy (non-hydrogen) atoms. The van der Waals surface area contributed by atoms with Crippen LogP contribution in [0.15, 0.2) is 35.1 Å². The number of aromatic amines is 1. The Bertz CT molecular complexity index is 696. The lowest BCUT2D eigenvalue weighted by molar-refractivity contribution is 0.303. The number of aryl methyl sites for hydroxylation is 2. The maximum absolute atomic E-state index is 11.6. The zero-order valence-electron chi connectivity index (χ0n) is 10.9. The summed E-state index contributed by atoms with van der Waals surface area (Å²) in [6.07, 6.45) is 0. The molecule has 1 N–H and O–H groups in total. The van der Waals surface area contributed by atoms with E-state index in [2.05, 4.69) is 4.98 Å². The summed E-state index contributed by atoms with van der Waals surface area (Å²) in [5.41, 5.74) is 2.08. The Labute approximate surface area is 111 Å². The fourth-order valence-electron chi connectivity index (χ4n) is 1.87. The van der Waals surface area contributed by atoms with Gasteiger partial charge in [-0.25, -0.2) is 0 Å². The molecule has 0 aliphatic carbocycles. The van der Waals surface area contributed by atoms with Crippen LogP contribution in [0.5, 0.6) is 5.75 Å². The summed E-state index contributed by atoms with van der Waals surface area (Å²) in [5.74, 6) is 0.754. The van der Waals surface area contributed by atoms with Crippen LogP contribution in [0.4, 0.5) is 0 Å². The van der Waals surface area contributed by atoms with Crippen molar-refractivity contribution in [3.05, 3.63) is 63.1 Å². The van der Waals surface area contributed by atoms with E-state index in [1.807, 2.05) is 37.3 Å². The molecule has 0 saturated heterocycles. The van der Waals surface area contributed by atoms with Gasteiger partial charge in [0.15, 0.2) is 0 Å². The summed E-state index contributed by atoms with van der Waals surface area (Å²) in [7, 11) is 0. The first kappa shape index (κ1) is 12.9. The minimum Gasteiger partial charge on any atom is -0.489 e. The van der Waals surface area contributed by atoms with E-state index in [9.17, 15) is 4.79 Å². The number of rotatable bonds is 3. The van der Waals surface area contributed by atoms with Crippen molar-refractivity contribution in [1.82, 2.24) is 4.98 Å². The molecular formula is C15H14N2O2. The monoisotopic (exact) mass is 254 g/mol. The fraction of sp³-hybridized carbons (Fsp3) is 0.200. The highest BCUT2D eigenvalue weighted by Crippen LogP contribution is 2.18. The molecule has 2 rings (SSSR count). The van der Waals surface area contributed by atoms with Crippen LogP contribution in [0.25, 0.3) is 0 Å². The zero-order chi connectivity index (χ0) is 13.8. The van der Waals surface area contributed by atoms with Gasteiger partial charge in [0.25, 0.3) is 5.56 Å². The maximum Gasteiger partial charge on any atom is 0.266 e. The van der Waals surface area contributed by atoms with E-state index in [-0.39, 0.29) is 17.7 Å². The highest BCUT2D eigenvalue weighted by atomic mass is 16.5. The third-order valence-electron chi connectivity index (χ3n) is 2.84. The molecule has 2 aromatic rings. The summed E-state index contributed by atoms with van der Waals surface area (Å²) in [5, 5.41) is 9.02. The Morgan fingerprint density at radius 2 is 2.05 bits per heavy atom. The molecule has 0 bridgehead atoms. The fourth-order valence-corrected chi connectivity index (χ4v) is 1.87. The Balaban J connectivity index is 2.28. The minimum absolute atomic E-state index is 0.110. The molecule has 4 heteroatoms. The first-order chi connectivity index (χ1) is 9.11. The average Bonchev–Trinajstić information content (AvgIpc) is 2.37. The van der Waals surface area contributed by atoms with Gasteiger partial charge in [0.05, 0.1) is 0 Å². The molecule has 0 aliphatic heterocycles. The third kappa shape index (κ3) is 2.83. The molecule has 0 amide bonds. The van der Waals surface area contributed by atoms with E-state index in [4.69, 9.17) is 10.00 Å². The van der Waals surface area contributed by atoms with E-state index in [0.717, 1.165) is 11.3 Å². The van der Waals surface area contributed by atoms with E-state index < -0.39 is 0 Å². The number of hydrogen-bond donors (Lipinski definition) is 1. The van der Waals surface area contributed by atoms with Crippen LogP contribution in [0.3, 0.4) is 0 Å². The molecule has 0 radical (unpaired) electrons. The SMILES string of the molecule is Cc1cc(COc2ccccc2C)c(C#N)c(=O)[nH]1. The first-order valence-corrected chi connectivity index (χ1v) is 5.93. The van der Waals surface area contributed by atoms with Crippen molar-refractivity contribution in [3.8, 4) is 11.8 Å². The number of H-pyrrole nitrogens is 1. The van der Waals surface area contributed by atoms with Crippen molar-refractivity contribution < 1.29 is 4.74 Å².